The first kappa shape index (κ1) is 14.7. The van der Waals surface area contributed by atoms with Crippen molar-refractivity contribution in [2.24, 2.45) is 0 Å². The minimum absolute atomic E-state index is 0.360. The van der Waals surface area contributed by atoms with Crippen LogP contribution in [0.5, 0.6) is 5.75 Å². The molecular formula is C14H20Cl2O. The Hall–Kier alpha value is -0.400. The molecule has 96 valence electrons. The predicted octanol–water partition coefficient (Wildman–Crippen LogP) is 5.20. The summed E-state index contributed by atoms with van der Waals surface area (Å²) in [4.78, 5) is 0. The molecule has 1 nitrogen and oxygen atoms in total. The van der Waals surface area contributed by atoms with Crippen molar-refractivity contribution in [3.8, 4) is 5.75 Å². The van der Waals surface area contributed by atoms with Gasteiger partial charge in [0.1, 0.15) is 5.75 Å². The topological polar surface area (TPSA) is 9.23 Å². The number of ether oxygens (including phenoxy) is 1. The number of benzene rings is 1. The Morgan fingerprint density at radius 1 is 1.18 bits per heavy atom. The maximum absolute atomic E-state index is 6.18. The van der Waals surface area contributed by atoms with Crippen LogP contribution in [0.15, 0.2) is 12.1 Å². The molecule has 0 aromatic heterocycles. The Labute approximate surface area is 114 Å². The van der Waals surface area contributed by atoms with E-state index in [0.717, 1.165) is 28.3 Å². The van der Waals surface area contributed by atoms with Crippen LogP contribution >= 0.6 is 23.2 Å². The molecule has 0 aliphatic heterocycles. The standard InChI is InChI=1S/C14H20Cl2O/c1-9(2)12-7-11(16)8-13(14(12)17-4)10(3)5-6-15/h7-10H,5-6H2,1-4H3. The number of methoxy groups -OCH3 is 1. The van der Waals surface area contributed by atoms with Crippen molar-refractivity contribution in [2.45, 2.75) is 39.0 Å². The van der Waals surface area contributed by atoms with E-state index >= 15 is 0 Å². The second-order valence-electron chi connectivity index (χ2n) is 4.65. The van der Waals surface area contributed by atoms with E-state index in [1.807, 2.05) is 12.1 Å². The zero-order chi connectivity index (χ0) is 13.0. The number of alkyl halides is 1. The van der Waals surface area contributed by atoms with Gasteiger partial charge in [0.15, 0.2) is 0 Å². The Bertz CT molecular complexity index is 375. The smallest absolute Gasteiger partial charge is 0.125 e. The summed E-state index contributed by atoms with van der Waals surface area (Å²) in [7, 11) is 1.71. The van der Waals surface area contributed by atoms with Crippen molar-refractivity contribution in [3.63, 3.8) is 0 Å². The number of hydrogen-bond acceptors (Lipinski definition) is 1. The fourth-order valence-corrected chi connectivity index (χ4v) is 2.55. The van der Waals surface area contributed by atoms with Crippen LogP contribution in [0.2, 0.25) is 5.02 Å². The molecular weight excluding hydrogens is 255 g/mol. The highest BCUT2D eigenvalue weighted by Crippen LogP contribution is 2.38. The van der Waals surface area contributed by atoms with Crippen LogP contribution < -0.4 is 4.74 Å². The first-order valence-electron chi connectivity index (χ1n) is 5.94. The Balaban J connectivity index is 3.27. The molecule has 0 N–H and O–H groups in total. The SMILES string of the molecule is COc1c(C(C)C)cc(Cl)cc1C(C)CCCl. The Morgan fingerprint density at radius 3 is 2.24 bits per heavy atom. The Morgan fingerprint density at radius 2 is 1.76 bits per heavy atom. The van der Waals surface area contributed by atoms with Crippen molar-refractivity contribution in [1.82, 2.24) is 0 Å². The average molecular weight is 275 g/mol. The lowest BCUT2D eigenvalue weighted by atomic mass is 9.92. The number of halogens is 2. The van der Waals surface area contributed by atoms with E-state index in [-0.39, 0.29) is 0 Å². The molecule has 17 heavy (non-hydrogen) atoms. The summed E-state index contributed by atoms with van der Waals surface area (Å²) in [6, 6.07) is 3.98. The normalized spacial score (nSPS) is 12.9. The monoisotopic (exact) mass is 274 g/mol. The van der Waals surface area contributed by atoms with Crippen LogP contribution in [0.4, 0.5) is 0 Å². The van der Waals surface area contributed by atoms with Gasteiger partial charge in [-0.25, -0.2) is 0 Å². The van der Waals surface area contributed by atoms with Gasteiger partial charge in [-0.05, 0) is 41.5 Å². The van der Waals surface area contributed by atoms with Gasteiger partial charge in [-0.1, -0.05) is 32.4 Å². The van der Waals surface area contributed by atoms with Crippen LogP contribution in [0.1, 0.15) is 50.2 Å². The van der Waals surface area contributed by atoms with Crippen LogP contribution in [-0.4, -0.2) is 13.0 Å². The lowest BCUT2D eigenvalue weighted by Gasteiger charge is -2.20. The van der Waals surface area contributed by atoms with Crippen LogP contribution in [0, 0.1) is 0 Å². The van der Waals surface area contributed by atoms with Crippen molar-refractivity contribution in [2.75, 3.05) is 13.0 Å². The van der Waals surface area contributed by atoms with Gasteiger partial charge in [-0.15, -0.1) is 11.6 Å². The molecule has 1 unspecified atom stereocenters. The van der Waals surface area contributed by atoms with Crippen LogP contribution in [0.25, 0.3) is 0 Å². The number of rotatable bonds is 5. The molecule has 0 aliphatic carbocycles. The molecule has 1 aromatic rings. The highest BCUT2D eigenvalue weighted by atomic mass is 35.5. The van der Waals surface area contributed by atoms with Crippen LogP contribution in [0.3, 0.4) is 0 Å². The quantitative estimate of drug-likeness (QED) is 0.671. The van der Waals surface area contributed by atoms with E-state index in [9.17, 15) is 0 Å². The van der Waals surface area contributed by atoms with Crippen molar-refractivity contribution in [3.05, 3.63) is 28.3 Å². The molecule has 0 radical (unpaired) electrons. The molecule has 0 saturated heterocycles. The third-order valence-electron chi connectivity index (χ3n) is 3.01. The maximum Gasteiger partial charge on any atom is 0.125 e. The van der Waals surface area contributed by atoms with E-state index in [4.69, 9.17) is 27.9 Å². The molecule has 1 aromatic carbocycles. The van der Waals surface area contributed by atoms with E-state index in [1.54, 1.807) is 7.11 Å². The summed E-state index contributed by atoms with van der Waals surface area (Å²) in [5.41, 5.74) is 2.32. The highest BCUT2D eigenvalue weighted by molar-refractivity contribution is 6.30. The molecule has 1 atom stereocenters. The molecule has 0 saturated carbocycles. The minimum Gasteiger partial charge on any atom is -0.496 e. The zero-order valence-electron chi connectivity index (χ0n) is 10.9. The van der Waals surface area contributed by atoms with Crippen molar-refractivity contribution in [1.29, 1.82) is 0 Å². The average Bonchev–Trinajstić information content (AvgIpc) is 2.28. The fourth-order valence-electron chi connectivity index (χ4n) is 1.99. The van der Waals surface area contributed by atoms with Gasteiger partial charge in [0.25, 0.3) is 0 Å². The molecule has 3 heteroatoms. The number of hydrogen-bond donors (Lipinski definition) is 0. The summed E-state index contributed by atoms with van der Waals surface area (Å²) in [6.45, 7) is 6.44. The predicted molar refractivity (Wildman–Crippen MR) is 75.8 cm³/mol. The van der Waals surface area contributed by atoms with E-state index in [1.165, 1.54) is 0 Å². The third kappa shape index (κ3) is 3.53. The third-order valence-corrected chi connectivity index (χ3v) is 3.45. The lowest BCUT2D eigenvalue weighted by molar-refractivity contribution is 0.399. The Kier molecular flexibility index (Phi) is 5.61. The van der Waals surface area contributed by atoms with Gasteiger partial charge in [0.2, 0.25) is 0 Å². The van der Waals surface area contributed by atoms with E-state index < -0.39 is 0 Å². The molecule has 0 amide bonds. The van der Waals surface area contributed by atoms with E-state index in [0.29, 0.717) is 17.7 Å². The first-order chi connectivity index (χ1) is 8.01. The van der Waals surface area contributed by atoms with Gasteiger partial charge >= 0.3 is 0 Å². The summed E-state index contributed by atoms with van der Waals surface area (Å²) >= 11 is 12.0. The fraction of sp³-hybridized carbons (Fsp3) is 0.571. The van der Waals surface area contributed by atoms with Crippen molar-refractivity contribution >= 4 is 23.2 Å². The molecule has 0 bridgehead atoms. The molecule has 0 fully saturated rings. The summed E-state index contributed by atoms with van der Waals surface area (Å²) in [5.74, 6) is 2.36. The second kappa shape index (κ2) is 6.51. The highest BCUT2D eigenvalue weighted by Gasteiger charge is 2.17. The first-order valence-corrected chi connectivity index (χ1v) is 6.85. The van der Waals surface area contributed by atoms with Gasteiger partial charge in [0, 0.05) is 10.9 Å². The lowest BCUT2D eigenvalue weighted by Crippen LogP contribution is -2.03. The second-order valence-corrected chi connectivity index (χ2v) is 5.47. The zero-order valence-corrected chi connectivity index (χ0v) is 12.4. The van der Waals surface area contributed by atoms with Crippen LogP contribution in [-0.2, 0) is 0 Å². The molecule has 0 spiro atoms. The van der Waals surface area contributed by atoms with Crippen molar-refractivity contribution < 1.29 is 4.74 Å². The largest absolute Gasteiger partial charge is 0.496 e. The summed E-state index contributed by atoms with van der Waals surface area (Å²) < 4.78 is 5.56. The van der Waals surface area contributed by atoms with Gasteiger partial charge in [-0.3, -0.25) is 0 Å². The van der Waals surface area contributed by atoms with Gasteiger partial charge in [0.05, 0.1) is 7.11 Å². The maximum atomic E-state index is 6.18. The summed E-state index contributed by atoms with van der Waals surface area (Å²) in [6.07, 6.45) is 0.926. The van der Waals surface area contributed by atoms with Gasteiger partial charge < -0.3 is 4.74 Å². The molecule has 0 aliphatic rings. The van der Waals surface area contributed by atoms with Gasteiger partial charge in [-0.2, -0.15) is 0 Å². The molecule has 1 rings (SSSR count). The molecule has 0 heterocycles. The minimum atomic E-state index is 0.360. The summed E-state index contributed by atoms with van der Waals surface area (Å²) in [5, 5.41) is 0.769. The van der Waals surface area contributed by atoms with E-state index in [2.05, 4.69) is 20.8 Å².